The molecule has 5 nitrogen and oxygen atoms in total. The zero-order chi connectivity index (χ0) is 13.7. The van der Waals surface area contributed by atoms with E-state index in [2.05, 4.69) is 10.6 Å². The second-order valence-corrected chi connectivity index (χ2v) is 3.89. The third kappa shape index (κ3) is 3.13. The van der Waals surface area contributed by atoms with Crippen molar-refractivity contribution in [1.82, 2.24) is 5.32 Å². The predicted molar refractivity (Wildman–Crippen MR) is 70.6 cm³/mol. The highest BCUT2D eigenvalue weighted by atomic mass is 16.3. The van der Waals surface area contributed by atoms with Gasteiger partial charge in [-0.3, -0.25) is 4.79 Å². The Morgan fingerprint density at radius 2 is 2.00 bits per heavy atom. The highest BCUT2D eigenvalue weighted by Crippen LogP contribution is 2.12. The Morgan fingerprint density at radius 1 is 1.26 bits per heavy atom. The number of hydrogen-bond acceptors (Lipinski definition) is 4. The fraction of sp³-hybridized carbons (Fsp3) is 0.143. The topological polar surface area (TPSA) is 78.1 Å². The van der Waals surface area contributed by atoms with E-state index in [1.807, 2.05) is 18.2 Å². The number of hydrogen-bond donors (Lipinski definition) is 2. The second-order valence-electron chi connectivity index (χ2n) is 3.89. The molecule has 1 amide bonds. The van der Waals surface area contributed by atoms with Crippen molar-refractivity contribution in [2.75, 3.05) is 12.4 Å². The van der Waals surface area contributed by atoms with Crippen molar-refractivity contribution in [2.45, 2.75) is 6.54 Å². The van der Waals surface area contributed by atoms with E-state index >= 15 is 0 Å². The summed E-state index contributed by atoms with van der Waals surface area (Å²) in [5, 5.41) is 14.4. The average molecular weight is 255 g/mol. The van der Waals surface area contributed by atoms with Gasteiger partial charge in [0, 0.05) is 18.3 Å². The lowest BCUT2D eigenvalue weighted by Crippen LogP contribution is -2.17. The molecule has 96 valence electrons. The van der Waals surface area contributed by atoms with Crippen LogP contribution in [0.5, 0.6) is 0 Å². The molecule has 0 atom stereocenters. The Labute approximate surface area is 110 Å². The van der Waals surface area contributed by atoms with Crippen LogP contribution in [-0.4, -0.2) is 13.0 Å². The molecular weight excluding hydrogens is 242 g/mol. The minimum atomic E-state index is -0.115. The number of amides is 1. The third-order valence-electron chi connectivity index (χ3n) is 2.61. The summed E-state index contributed by atoms with van der Waals surface area (Å²) in [6.45, 7) is 0.487. The van der Waals surface area contributed by atoms with Crippen molar-refractivity contribution in [2.24, 2.45) is 0 Å². The molecule has 0 unspecified atom stereocenters. The van der Waals surface area contributed by atoms with E-state index in [0.29, 0.717) is 23.6 Å². The summed E-state index contributed by atoms with van der Waals surface area (Å²) in [5.74, 6) is 0.870. The first-order valence-electron chi connectivity index (χ1n) is 5.78. The molecule has 2 rings (SSSR count). The maximum Gasteiger partial charge on any atom is 0.251 e. The smallest absolute Gasteiger partial charge is 0.251 e. The number of nitriles is 1. The number of furan rings is 1. The number of carbonyl (C=O) groups excluding carboxylic acids is 1. The molecule has 0 aliphatic carbocycles. The van der Waals surface area contributed by atoms with Crippen molar-refractivity contribution in [3.63, 3.8) is 0 Å². The summed E-state index contributed by atoms with van der Waals surface area (Å²) in [6.07, 6.45) is 0. The van der Waals surface area contributed by atoms with E-state index in [0.717, 1.165) is 5.69 Å². The number of carbonyl (C=O) groups is 1. The van der Waals surface area contributed by atoms with Crippen molar-refractivity contribution in [3.05, 3.63) is 53.5 Å². The SMILES string of the molecule is CNC(=O)c1ccc(NCc2ccc(C#N)o2)cc1. The van der Waals surface area contributed by atoms with Crippen molar-refractivity contribution in [1.29, 1.82) is 5.26 Å². The molecule has 0 aliphatic rings. The zero-order valence-electron chi connectivity index (χ0n) is 10.4. The summed E-state index contributed by atoms with van der Waals surface area (Å²) in [4.78, 5) is 11.4. The summed E-state index contributed by atoms with van der Waals surface area (Å²) in [5.41, 5.74) is 1.49. The van der Waals surface area contributed by atoms with Crippen molar-refractivity contribution < 1.29 is 9.21 Å². The van der Waals surface area contributed by atoms with Crippen LogP contribution in [0.1, 0.15) is 21.9 Å². The summed E-state index contributed by atoms with van der Waals surface area (Å²) < 4.78 is 5.25. The van der Waals surface area contributed by atoms with Crippen LogP contribution in [0.25, 0.3) is 0 Å². The highest BCUT2D eigenvalue weighted by Gasteiger charge is 2.03. The molecule has 2 N–H and O–H groups in total. The van der Waals surface area contributed by atoms with Crippen LogP contribution in [0.3, 0.4) is 0 Å². The van der Waals surface area contributed by atoms with Gasteiger partial charge in [0.15, 0.2) is 0 Å². The number of rotatable bonds is 4. The molecule has 1 aromatic carbocycles. The lowest BCUT2D eigenvalue weighted by molar-refractivity contribution is 0.0963. The maximum absolute atomic E-state index is 11.4. The summed E-state index contributed by atoms with van der Waals surface area (Å²) in [6, 6.07) is 12.4. The van der Waals surface area contributed by atoms with Gasteiger partial charge in [-0.2, -0.15) is 5.26 Å². The molecule has 19 heavy (non-hydrogen) atoms. The molecule has 0 bridgehead atoms. The second kappa shape index (κ2) is 5.74. The van der Waals surface area contributed by atoms with Gasteiger partial charge in [0.2, 0.25) is 5.76 Å². The van der Waals surface area contributed by atoms with E-state index in [-0.39, 0.29) is 5.91 Å². The maximum atomic E-state index is 11.4. The minimum Gasteiger partial charge on any atom is -0.449 e. The molecule has 0 spiro atoms. The number of nitrogens with zero attached hydrogens (tertiary/aromatic N) is 1. The van der Waals surface area contributed by atoms with Crippen LogP contribution in [0.2, 0.25) is 0 Å². The van der Waals surface area contributed by atoms with Gasteiger partial charge < -0.3 is 15.1 Å². The molecule has 0 aliphatic heterocycles. The van der Waals surface area contributed by atoms with Crippen molar-refractivity contribution in [3.8, 4) is 6.07 Å². The van der Waals surface area contributed by atoms with Crippen LogP contribution in [0.4, 0.5) is 5.69 Å². The molecule has 5 heteroatoms. The fourth-order valence-electron chi connectivity index (χ4n) is 1.61. The molecule has 1 aromatic heterocycles. The molecular formula is C14H13N3O2. The van der Waals surface area contributed by atoms with Gasteiger partial charge in [0.25, 0.3) is 5.91 Å². The Bertz CT molecular complexity index is 608. The summed E-state index contributed by atoms with van der Waals surface area (Å²) in [7, 11) is 1.60. The van der Waals surface area contributed by atoms with E-state index in [1.54, 1.807) is 31.3 Å². The van der Waals surface area contributed by atoms with Gasteiger partial charge in [-0.1, -0.05) is 0 Å². The average Bonchev–Trinajstić information content (AvgIpc) is 2.93. The zero-order valence-corrected chi connectivity index (χ0v) is 10.4. The van der Waals surface area contributed by atoms with Crippen LogP contribution >= 0.6 is 0 Å². The Kier molecular flexibility index (Phi) is 3.84. The van der Waals surface area contributed by atoms with Crippen LogP contribution in [0.15, 0.2) is 40.8 Å². The quantitative estimate of drug-likeness (QED) is 0.877. The van der Waals surface area contributed by atoms with Crippen molar-refractivity contribution >= 4 is 11.6 Å². The number of benzene rings is 1. The normalized spacial score (nSPS) is 9.68. The minimum absolute atomic E-state index is 0.115. The third-order valence-corrected chi connectivity index (χ3v) is 2.61. The van der Waals surface area contributed by atoms with Gasteiger partial charge in [0.05, 0.1) is 6.54 Å². The number of anilines is 1. The monoisotopic (exact) mass is 255 g/mol. The highest BCUT2D eigenvalue weighted by molar-refractivity contribution is 5.94. The summed E-state index contributed by atoms with van der Waals surface area (Å²) >= 11 is 0. The van der Waals surface area contributed by atoms with Crippen LogP contribution in [-0.2, 0) is 6.54 Å². The lowest BCUT2D eigenvalue weighted by atomic mass is 10.2. The first kappa shape index (κ1) is 12.7. The van der Waals surface area contributed by atoms with Gasteiger partial charge in [-0.15, -0.1) is 0 Å². The van der Waals surface area contributed by atoms with Gasteiger partial charge in [-0.25, -0.2) is 0 Å². The van der Waals surface area contributed by atoms with E-state index in [9.17, 15) is 4.79 Å². The molecule has 0 saturated carbocycles. The van der Waals surface area contributed by atoms with Gasteiger partial charge in [-0.05, 0) is 36.4 Å². The largest absolute Gasteiger partial charge is 0.449 e. The van der Waals surface area contributed by atoms with E-state index in [4.69, 9.17) is 9.68 Å². The Balaban J connectivity index is 1.96. The number of nitrogens with one attached hydrogen (secondary N) is 2. The first-order chi connectivity index (χ1) is 9.22. The molecule has 1 heterocycles. The van der Waals surface area contributed by atoms with E-state index < -0.39 is 0 Å². The first-order valence-corrected chi connectivity index (χ1v) is 5.78. The molecule has 0 fully saturated rings. The Morgan fingerprint density at radius 3 is 2.58 bits per heavy atom. The van der Waals surface area contributed by atoms with Gasteiger partial charge in [0.1, 0.15) is 11.8 Å². The van der Waals surface area contributed by atoms with Crippen LogP contribution < -0.4 is 10.6 Å². The van der Waals surface area contributed by atoms with E-state index in [1.165, 1.54) is 0 Å². The molecule has 0 radical (unpaired) electrons. The molecule has 2 aromatic rings. The lowest BCUT2D eigenvalue weighted by Gasteiger charge is -2.05. The fourth-order valence-corrected chi connectivity index (χ4v) is 1.61. The predicted octanol–water partition coefficient (Wildman–Crippen LogP) is 2.12. The standard InChI is InChI=1S/C14H13N3O2/c1-16-14(18)10-2-4-11(5-3-10)17-9-13-7-6-12(8-15)19-13/h2-7,17H,9H2,1H3,(H,16,18). The Hall–Kier alpha value is -2.74. The van der Waals surface area contributed by atoms with Gasteiger partial charge >= 0.3 is 0 Å². The molecule has 0 saturated heterocycles. The van der Waals surface area contributed by atoms with Crippen LogP contribution in [0, 0.1) is 11.3 Å².